The molecule has 0 saturated carbocycles. The number of imidazole rings is 2. The zero-order valence-corrected chi connectivity index (χ0v) is 46.9. The lowest BCUT2D eigenvalue weighted by molar-refractivity contribution is 0.0532. The van der Waals surface area contributed by atoms with Gasteiger partial charge < -0.3 is 29.1 Å². The first-order chi connectivity index (χ1) is 36.3. The molecule has 6 heterocycles. The third-order valence-electron chi connectivity index (χ3n) is 12.8. The van der Waals surface area contributed by atoms with Crippen molar-refractivity contribution in [3.8, 4) is 12.1 Å². The molecule has 2 fully saturated rings. The van der Waals surface area contributed by atoms with E-state index in [0.29, 0.717) is 90.6 Å². The summed E-state index contributed by atoms with van der Waals surface area (Å²) < 4.78 is 13.8. The normalized spacial score (nSPS) is 14.7. The van der Waals surface area contributed by atoms with Gasteiger partial charge >= 0.3 is 12.2 Å². The summed E-state index contributed by atoms with van der Waals surface area (Å²) in [5, 5.41) is 21.3. The Hall–Kier alpha value is -7.20. The van der Waals surface area contributed by atoms with Gasteiger partial charge in [0.25, 0.3) is 0 Å². The Morgan fingerprint density at radius 3 is 1.53 bits per heavy atom. The van der Waals surface area contributed by atoms with Crippen molar-refractivity contribution in [1.29, 1.82) is 10.5 Å². The largest absolute Gasteiger partial charge is 0.443 e. The minimum atomic E-state index is -0.616. The van der Waals surface area contributed by atoms with Crippen LogP contribution < -0.4 is 9.80 Å². The predicted molar refractivity (Wildman–Crippen MR) is 300 cm³/mol. The summed E-state index contributed by atoms with van der Waals surface area (Å²) in [6.07, 6.45) is 5.17. The highest BCUT2D eigenvalue weighted by Gasteiger charge is 2.27. The molecule has 2 aliphatic rings. The standard InChI is InChI=1S/2C28H33N7O2S/c1-7-20-21(16-29)26(32-25(24(20)30-5)34-12-8-11-33(6)13-14-34)38-17-19-9-10-23-22(15-19)31-18-35(23)27(36)37-28(2,3)4;1-7-20-21(16-29)26(32-25(24(20)30-5)34-12-8-11-33(6)13-14-34)38-17-19-9-10-22-23(15-19)35(18-31-22)27(36)37-28(2,3)4/h2*9-10,15,18H,7-8,11-14,17H2,1-4,6H3. The minimum absolute atomic E-state index is 0.468. The number of likely N-dealkylation sites (N-methyl/N-ethyl adjacent to an activating group) is 2. The average Bonchev–Trinajstić information content (AvgIpc) is 3.87. The molecule has 0 atom stereocenters. The van der Waals surface area contributed by atoms with Crippen LogP contribution in [0.5, 0.6) is 0 Å². The number of hydrogen-bond acceptors (Lipinski definition) is 16. The lowest BCUT2D eigenvalue weighted by atomic mass is 10.1. The number of thioether (sulfide) groups is 2. The molecule has 0 unspecified atom stereocenters. The van der Waals surface area contributed by atoms with Crippen LogP contribution in [0.15, 0.2) is 59.1 Å². The topological polar surface area (TPSA) is 183 Å². The maximum absolute atomic E-state index is 12.7. The zero-order chi connectivity index (χ0) is 54.9. The van der Waals surface area contributed by atoms with Gasteiger partial charge in [0.1, 0.15) is 57.7 Å². The van der Waals surface area contributed by atoms with E-state index in [1.54, 1.807) is 0 Å². The monoisotopic (exact) mass is 1060 g/mol. The maximum atomic E-state index is 12.7. The zero-order valence-electron chi connectivity index (χ0n) is 45.2. The fourth-order valence-corrected chi connectivity index (χ4v) is 10.9. The molecule has 0 N–H and O–H groups in total. The van der Waals surface area contributed by atoms with Crippen molar-refractivity contribution in [2.75, 3.05) is 76.3 Å². The van der Waals surface area contributed by atoms with Crippen LogP contribution in [0.3, 0.4) is 0 Å². The molecule has 18 nitrogen and oxygen atoms in total. The van der Waals surface area contributed by atoms with Gasteiger partial charge in [-0.1, -0.05) is 26.0 Å². The van der Waals surface area contributed by atoms with Gasteiger partial charge in [-0.25, -0.2) is 48.3 Å². The van der Waals surface area contributed by atoms with Crippen molar-refractivity contribution in [3.05, 3.63) is 105 Å². The molecule has 8 rings (SSSR count). The Morgan fingerprint density at radius 2 is 1.08 bits per heavy atom. The molecule has 2 aromatic carbocycles. The molecule has 20 heteroatoms. The molecule has 396 valence electrons. The second-order valence-corrected chi connectivity index (χ2v) is 22.7. The highest BCUT2D eigenvalue weighted by atomic mass is 32.2. The summed E-state index contributed by atoms with van der Waals surface area (Å²) in [6.45, 7) is 37.7. The minimum Gasteiger partial charge on any atom is -0.443 e. The molecule has 0 bridgehead atoms. The van der Waals surface area contributed by atoms with E-state index in [4.69, 9.17) is 32.6 Å². The van der Waals surface area contributed by atoms with Gasteiger partial charge in [0.05, 0.1) is 46.3 Å². The van der Waals surface area contributed by atoms with Crippen molar-refractivity contribution >= 4 is 80.8 Å². The smallest absolute Gasteiger partial charge is 0.420 e. The van der Waals surface area contributed by atoms with Crippen LogP contribution in [0.4, 0.5) is 32.6 Å². The van der Waals surface area contributed by atoms with E-state index in [-0.39, 0.29) is 0 Å². The molecule has 0 amide bonds. The molecule has 2 aliphatic heterocycles. The van der Waals surface area contributed by atoms with Gasteiger partial charge in [-0.2, -0.15) is 10.5 Å². The number of nitriles is 2. The molecule has 6 aromatic rings. The lowest BCUT2D eigenvalue weighted by Gasteiger charge is -2.25. The Balaban J connectivity index is 0.000000221. The fourth-order valence-electron chi connectivity index (χ4n) is 9.00. The van der Waals surface area contributed by atoms with Gasteiger partial charge in [-0.3, -0.25) is 0 Å². The number of benzene rings is 2. The lowest BCUT2D eigenvalue weighted by Crippen LogP contribution is -2.29. The van der Waals surface area contributed by atoms with E-state index < -0.39 is 23.4 Å². The van der Waals surface area contributed by atoms with Crippen LogP contribution in [0.25, 0.3) is 31.8 Å². The molecule has 4 aromatic heterocycles. The maximum Gasteiger partial charge on any atom is 0.420 e. The number of pyridine rings is 2. The van der Waals surface area contributed by atoms with Crippen LogP contribution in [-0.4, -0.2) is 129 Å². The summed E-state index contributed by atoms with van der Waals surface area (Å²) in [6, 6.07) is 16.2. The van der Waals surface area contributed by atoms with Crippen LogP contribution in [0, 0.1) is 35.8 Å². The third kappa shape index (κ3) is 13.4. The van der Waals surface area contributed by atoms with Crippen molar-refractivity contribution in [1.82, 2.24) is 38.9 Å². The number of ether oxygens (including phenoxy) is 2. The van der Waals surface area contributed by atoms with Gasteiger partial charge in [-0.15, -0.1) is 23.5 Å². The number of anilines is 2. The quantitative estimate of drug-likeness (QED) is 0.0931. The van der Waals surface area contributed by atoms with E-state index in [2.05, 4.69) is 65.5 Å². The summed E-state index contributed by atoms with van der Waals surface area (Å²) in [5.74, 6) is 2.46. The van der Waals surface area contributed by atoms with Gasteiger partial charge in [0.15, 0.2) is 0 Å². The van der Waals surface area contributed by atoms with Gasteiger partial charge in [0.2, 0.25) is 11.4 Å². The summed E-state index contributed by atoms with van der Waals surface area (Å²) >= 11 is 2.96. The first kappa shape index (κ1) is 56.5. The van der Waals surface area contributed by atoms with E-state index in [9.17, 15) is 20.1 Å². The molecular formula is C56H66N14O4S2. The molecule has 0 aliphatic carbocycles. The number of hydrogen-bond donors (Lipinski definition) is 0. The van der Waals surface area contributed by atoms with E-state index in [0.717, 1.165) is 87.5 Å². The predicted octanol–water partition coefficient (Wildman–Crippen LogP) is 11.3. The highest BCUT2D eigenvalue weighted by Crippen LogP contribution is 2.41. The Bertz CT molecular complexity index is 3290. The SMILES string of the molecule is [C-]#[N+]c1c(N2CCCN(C)CC2)nc(SCc2ccc3c(c2)ncn3C(=O)OC(C)(C)C)c(C#N)c1CC.[C-]#[N+]c1c(N2CCCN(C)CC2)nc(SCc2ccc3ncn(C(=O)OC(C)(C)C)c3c2)c(C#N)c1CC. The Morgan fingerprint density at radius 1 is 0.632 bits per heavy atom. The van der Waals surface area contributed by atoms with Crippen molar-refractivity contribution in [3.63, 3.8) is 0 Å². The third-order valence-corrected chi connectivity index (χ3v) is 14.9. The fraction of sp³-hybridized carbons (Fsp3) is 0.464. The van der Waals surface area contributed by atoms with Crippen LogP contribution >= 0.6 is 23.5 Å². The Labute approximate surface area is 454 Å². The van der Waals surface area contributed by atoms with Gasteiger partial charge in [-0.05, 0) is 141 Å². The number of fused-ring (bicyclic) bond motifs is 2. The van der Waals surface area contributed by atoms with Crippen molar-refractivity contribution < 1.29 is 19.1 Å². The summed E-state index contributed by atoms with van der Waals surface area (Å²) in [5.41, 5.74) is 6.92. The first-order valence-corrected chi connectivity index (χ1v) is 27.5. The molecule has 0 radical (unpaired) electrons. The number of carbonyl (C=O) groups is 2. The first-order valence-electron chi connectivity index (χ1n) is 25.5. The second kappa shape index (κ2) is 24.6. The van der Waals surface area contributed by atoms with Gasteiger partial charge in [0, 0.05) is 50.8 Å². The van der Waals surface area contributed by atoms with Crippen molar-refractivity contribution in [2.45, 2.75) is 114 Å². The van der Waals surface area contributed by atoms with E-state index in [1.807, 2.05) is 91.8 Å². The number of nitrogens with zero attached hydrogens (tertiary/aromatic N) is 14. The van der Waals surface area contributed by atoms with Crippen molar-refractivity contribution in [2.24, 2.45) is 0 Å². The number of rotatable bonds is 10. The molecule has 76 heavy (non-hydrogen) atoms. The number of aromatic nitrogens is 6. The second-order valence-electron chi connectivity index (χ2n) is 20.7. The summed E-state index contributed by atoms with van der Waals surface area (Å²) in [7, 11) is 4.22. The molecular weight excluding hydrogens is 997 g/mol. The van der Waals surface area contributed by atoms with E-state index >= 15 is 0 Å². The molecule has 2 saturated heterocycles. The van der Waals surface area contributed by atoms with Crippen LogP contribution in [-0.2, 0) is 33.8 Å². The van der Waals surface area contributed by atoms with Crippen LogP contribution in [0.1, 0.15) is 102 Å². The highest BCUT2D eigenvalue weighted by molar-refractivity contribution is 7.98. The Kier molecular flexibility index (Phi) is 18.3. The number of carbonyl (C=O) groups excluding carboxylic acids is 2. The summed E-state index contributed by atoms with van der Waals surface area (Å²) in [4.78, 5) is 60.4. The van der Waals surface area contributed by atoms with Crippen LogP contribution in [0.2, 0.25) is 0 Å². The average molecular weight is 1060 g/mol. The molecule has 0 spiro atoms. The van der Waals surface area contributed by atoms with E-state index in [1.165, 1.54) is 45.3 Å².